The minimum atomic E-state index is -3.64. The first-order valence-electron chi connectivity index (χ1n) is 10.9. The maximum Gasteiger partial charge on any atom is 0.243 e. The molecule has 166 valence electrons. The number of rotatable bonds is 6. The summed E-state index contributed by atoms with van der Waals surface area (Å²) in [6.07, 6.45) is 4.79. The average molecular weight is 443 g/mol. The summed E-state index contributed by atoms with van der Waals surface area (Å²) in [7, 11) is -2.10. The normalized spacial score (nSPS) is 20.1. The van der Waals surface area contributed by atoms with E-state index in [0.29, 0.717) is 25.1 Å². The third-order valence-electron chi connectivity index (χ3n) is 6.43. The topological polar surface area (TPSA) is 75.7 Å². The van der Waals surface area contributed by atoms with Crippen LogP contribution in [0.4, 0.5) is 0 Å². The van der Waals surface area contributed by atoms with Crippen molar-refractivity contribution in [3.8, 4) is 5.75 Å². The molecule has 1 aliphatic heterocycles. The van der Waals surface area contributed by atoms with Crippen LogP contribution >= 0.6 is 0 Å². The zero-order valence-corrected chi connectivity index (χ0v) is 19.0. The predicted molar refractivity (Wildman–Crippen MR) is 120 cm³/mol. The Labute approximate surface area is 184 Å². The molecule has 7 heteroatoms. The van der Waals surface area contributed by atoms with Crippen LogP contribution in [0.2, 0.25) is 0 Å². The van der Waals surface area contributed by atoms with Crippen LogP contribution in [0.15, 0.2) is 47.4 Å². The Hall–Kier alpha value is -2.38. The van der Waals surface area contributed by atoms with Gasteiger partial charge in [0.2, 0.25) is 15.9 Å². The molecule has 2 aromatic carbocycles. The summed E-state index contributed by atoms with van der Waals surface area (Å²) in [5, 5.41) is 3.11. The molecular weight excluding hydrogens is 412 g/mol. The number of hydrogen-bond donors (Lipinski definition) is 1. The molecule has 2 unspecified atom stereocenters. The molecule has 1 fully saturated rings. The molecule has 2 aliphatic rings. The number of sulfonamides is 1. The summed E-state index contributed by atoms with van der Waals surface area (Å²) >= 11 is 0. The van der Waals surface area contributed by atoms with Gasteiger partial charge < -0.3 is 10.1 Å². The van der Waals surface area contributed by atoms with Gasteiger partial charge in [0.15, 0.2) is 0 Å². The lowest BCUT2D eigenvalue weighted by Crippen LogP contribution is -2.45. The fraction of sp³-hybridized carbons (Fsp3) is 0.458. The number of aryl methyl sites for hydroxylation is 2. The van der Waals surface area contributed by atoms with Crippen molar-refractivity contribution in [2.75, 3.05) is 20.2 Å². The first-order valence-corrected chi connectivity index (χ1v) is 12.4. The van der Waals surface area contributed by atoms with Crippen LogP contribution in [-0.4, -0.2) is 38.8 Å². The van der Waals surface area contributed by atoms with Crippen molar-refractivity contribution in [1.29, 1.82) is 0 Å². The monoisotopic (exact) mass is 442 g/mol. The minimum Gasteiger partial charge on any atom is -0.497 e. The second-order valence-corrected chi connectivity index (χ2v) is 10.4. The summed E-state index contributed by atoms with van der Waals surface area (Å²) in [5.74, 6) is 0.177. The highest BCUT2D eigenvalue weighted by atomic mass is 32.2. The molecular formula is C24H30N2O4S. The van der Waals surface area contributed by atoms with Gasteiger partial charge in [0.05, 0.1) is 24.0 Å². The van der Waals surface area contributed by atoms with Crippen LogP contribution in [0.5, 0.6) is 5.75 Å². The Bertz CT molecular complexity index is 1050. The summed E-state index contributed by atoms with van der Waals surface area (Å²) < 4.78 is 32.7. The summed E-state index contributed by atoms with van der Waals surface area (Å²) in [5.41, 5.74) is 3.90. The zero-order valence-electron chi connectivity index (χ0n) is 18.1. The molecule has 1 aliphatic carbocycles. The highest BCUT2D eigenvalue weighted by Gasteiger charge is 2.33. The van der Waals surface area contributed by atoms with Crippen molar-refractivity contribution in [3.63, 3.8) is 0 Å². The number of hydrogen-bond acceptors (Lipinski definition) is 4. The Morgan fingerprint density at radius 1 is 1.10 bits per heavy atom. The third-order valence-corrected chi connectivity index (χ3v) is 8.31. The van der Waals surface area contributed by atoms with Crippen LogP contribution in [0.25, 0.3) is 0 Å². The Morgan fingerprint density at radius 2 is 1.84 bits per heavy atom. The maximum atomic E-state index is 13.1. The molecule has 1 amide bonds. The molecule has 0 aromatic heterocycles. The van der Waals surface area contributed by atoms with E-state index in [2.05, 4.69) is 23.5 Å². The van der Waals surface area contributed by atoms with Gasteiger partial charge in [0.1, 0.15) is 5.75 Å². The Morgan fingerprint density at radius 3 is 2.58 bits per heavy atom. The molecule has 31 heavy (non-hydrogen) atoms. The van der Waals surface area contributed by atoms with Gasteiger partial charge >= 0.3 is 0 Å². The number of benzene rings is 2. The first kappa shape index (κ1) is 21.8. The van der Waals surface area contributed by atoms with Gasteiger partial charge in [-0.1, -0.05) is 18.2 Å². The highest BCUT2D eigenvalue weighted by Crippen LogP contribution is 2.28. The van der Waals surface area contributed by atoms with Crippen LogP contribution in [0, 0.1) is 5.92 Å². The molecule has 0 radical (unpaired) electrons. The molecule has 2 aromatic rings. The SMILES string of the molecule is COc1ccc(S(=O)(=O)N2CCCC(C(=O)NC(C)c3ccc4c(c3)CCC4)C2)cc1. The summed E-state index contributed by atoms with van der Waals surface area (Å²) in [6.45, 7) is 2.62. The number of amides is 1. The van der Waals surface area contributed by atoms with Gasteiger partial charge in [-0.25, -0.2) is 8.42 Å². The van der Waals surface area contributed by atoms with E-state index in [0.717, 1.165) is 18.4 Å². The van der Waals surface area contributed by atoms with E-state index >= 15 is 0 Å². The Kier molecular flexibility index (Phi) is 6.34. The van der Waals surface area contributed by atoms with E-state index in [1.165, 1.54) is 21.9 Å². The maximum absolute atomic E-state index is 13.1. The summed E-state index contributed by atoms with van der Waals surface area (Å²) in [4.78, 5) is 13.2. The minimum absolute atomic E-state index is 0.0809. The zero-order chi connectivity index (χ0) is 22.0. The second-order valence-electron chi connectivity index (χ2n) is 8.49. The van der Waals surface area contributed by atoms with Crippen molar-refractivity contribution < 1.29 is 17.9 Å². The molecule has 1 heterocycles. The number of carbonyl (C=O) groups is 1. The van der Waals surface area contributed by atoms with E-state index in [-0.39, 0.29) is 29.3 Å². The van der Waals surface area contributed by atoms with Crippen molar-refractivity contribution in [2.24, 2.45) is 5.92 Å². The molecule has 0 spiro atoms. The smallest absolute Gasteiger partial charge is 0.243 e. The van der Waals surface area contributed by atoms with Gasteiger partial charge in [0.25, 0.3) is 0 Å². The standard InChI is InChI=1S/C24H30N2O4S/c1-17(19-9-8-18-5-3-6-20(18)15-19)25-24(27)21-7-4-14-26(16-21)31(28,29)23-12-10-22(30-2)11-13-23/h8-13,15,17,21H,3-7,14,16H2,1-2H3,(H,25,27). The fourth-order valence-electron chi connectivity index (χ4n) is 4.55. The lowest BCUT2D eigenvalue weighted by molar-refractivity contribution is -0.126. The van der Waals surface area contributed by atoms with Crippen molar-refractivity contribution in [2.45, 2.75) is 50.0 Å². The lowest BCUT2D eigenvalue weighted by Gasteiger charge is -2.32. The number of methoxy groups -OCH3 is 1. The number of piperidine rings is 1. The predicted octanol–water partition coefficient (Wildman–Crippen LogP) is 3.46. The number of fused-ring (bicyclic) bond motifs is 1. The quantitative estimate of drug-likeness (QED) is 0.743. The van der Waals surface area contributed by atoms with Crippen LogP contribution in [-0.2, 0) is 27.7 Å². The number of nitrogens with one attached hydrogen (secondary N) is 1. The van der Waals surface area contributed by atoms with Crippen LogP contribution in [0.3, 0.4) is 0 Å². The molecule has 0 bridgehead atoms. The number of ether oxygens (including phenoxy) is 1. The molecule has 1 N–H and O–H groups in total. The van der Waals surface area contributed by atoms with E-state index in [9.17, 15) is 13.2 Å². The van der Waals surface area contributed by atoms with Gasteiger partial charge in [-0.3, -0.25) is 4.79 Å². The lowest BCUT2D eigenvalue weighted by atomic mass is 9.97. The van der Waals surface area contributed by atoms with E-state index in [1.807, 2.05) is 6.92 Å². The summed E-state index contributed by atoms with van der Waals surface area (Å²) in [6, 6.07) is 12.7. The number of nitrogens with zero attached hydrogens (tertiary/aromatic N) is 1. The Balaban J connectivity index is 1.42. The van der Waals surface area contributed by atoms with Gasteiger partial charge in [-0.15, -0.1) is 0 Å². The van der Waals surface area contributed by atoms with Gasteiger partial charge in [-0.05, 0) is 80.0 Å². The molecule has 0 saturated carbocycles. The van der Waals surface area contributed by atoms with Gasteiger partial charge in [-0.2, -0.15) is 4.31 Å². The van der Waals surface area contributed by atoms with Crippen molar-refractivity contribution >= 4 is 15.9 Å². The highest BCUT2D eigenvalue weighted by molar-refractivity contribution is 7.89. The molecule has 4 rings (SSSR count). The van der Waals surface area contributed by atoms with E-state index < -0.39 is 10.0 Å². The van der Waals surface area contributed by atoms with Gasteiger partial charge in [0, 0.05) is 13.1 Å². The average Bonchev–Trinajstić information content (AvgIpc) is 3.27. The second kappa shape index (κ2) is 9.01. The molecule has 2 atom stereocenters. The van der Waals surface area contributed by atoms with Crippen molar-refractivity contribution in [1.82, 2.24) is 9.62 Å². The molecule has 6 nitrogen and oxygen atoms in total. The van der Waals surface area contributed by atoms with E-state index in [1.54, 1.807) is 31.4 Å². The first-order chi connectivity index (χ1) is 14.9. The third kappa shape index (κ3) is 4.62. The van der Waals surface area contributed by atoms with Crippen LogP contribution in [0.1, 0.15) is 48.9 Å². The molecule has 1 saturated heterocycles. The van der Waals surface area contributed by atoms with E-state index in [4.69, 9.17) is 4.74 Å². The number of carbonyl (C=O) groups excluding carboxylic acids is 1. The fourth-order valence-corrected chi connectivity index (χ4v) is 6.07. The van der Waals surface area contributed by atoms with Crippen molar-refractivity contribution in [3.05, 3.63) is 59.2 Å². The van der Waals surface area contributed by atoms with Crippen LogP contribution < -0.4 is 10.1 Å². The largest absolute Gasteiger partial charge is 0.497 e.